The highest BCUT2D eigenvalue weighted by Gasteiger charge is 2.22. The van der Waals surface area contributed by atoms with E-state index in [4.69, 9.17) is 11.6 Å². The molecule has 1 aromatic heterocycles. The fraction of sp³-hybridized carbons (Fsp3) is 0.444. The maximum absolute atomic E-state index is 12.3. The van der Waals surface area contributed by atoms with E-state index in [1.807, 2.05) is 43.6 Å². The molecule has 5 nitrogen and oxygen atoms in total. The topological polar surface area (TPSA) is 59.0 Å². The Morgan fingerprint density at radius 1 is 1.46 bits per heavy atom. The molecule has 0 bridgehead atoms. The van der Waals surface area contributed by atoms with E-state index in [0.717, 1.165) is 37.3 Å². The van der Waals surface area contributed by atoms with Gasteiger partial charge in [0.05, 0.1) is 6.04 Å². The van der Waals surface area contributed by atoms with Crippen molar-refractivity contribution in [3.05, 3.63) is 53.1 Å². The van der Waals surface area contributed by atoms with Crippen LogP contribution in [0.25, 0.3) is 0 Å². The number of nitrogens with one attached hydrogen (secondary N) is 2. The van der Waals surface area contributed by atoms with Crippen LogP contribution >= 0.6 is 11.6 Å². The van der Waals surface area contributed by atoms with Crippen molar-refractivity contribution < 1.29 is 4.79 Å². The van der Waals surface area contributed by atoms with E-state index in [1.165, 1.54) is 0 Å². The van der Waals surface area contributed by atoms with Crippen LogP contribution in [0.2, 0.25) is 5.02 Å². The van der Waals surface area contributed by atoms with E-state index in [1.54, 1.807) is 0 Å². The van der Waals surface area contributed by atoms with Gasteiger partial charge in [0.15, 0.2) is 0 Å². The number of halogens is 1. The summed E-state index contributed by atoms with van der Waals surface area (Å²) in [6, 6.07) is 7.29. The van der Waals surface area contributed by atoms with Crippen molar-refractivity contribution in [3.8, 4) is 0 Å². The van der Waals surface area contributed by atoms with Gasteiger partial charge in [0.1, 0.15) is 5.82 Å². The molecule has 1 aliphatic heterocycles. The highest BCUT2D eigenvalue weighted by atomic mass is 35.5. The Morgan fingerprint density at radius 3 is 3.12 bits per heavy atom. The van der Waals surface area contributed by atoms with Crippen molar-refractivity contribution in [1.82, 2.24) is 20.2 Å². The number of imidazole rings is 1. The smallest absolute Gasteiger partial charge is 0.237 e. The maximum atomic E-state index is 12.3. The summed E-state index contributed by atoms with van der Waals surface area (Å²) < 4.78 is 2.21. The second kappa shape index (κ2) is 7.81. The molecule has 0 fully saturated rings. The van der Waals surface area contributed by atoms with E-state index >= 15 is 0 Å². The van der Waals surface area contributed by atoms with Crippen LogP contribution in [-0.2, 0) is 17.9 Å². The molecular formula is C18H23ClN4O. The molecule has 24 heavy (non-hydrogen) atoms. The number of aromatic nitrogens is 2. The van der Waals surface area contributed by atoms with Crippen LogP contribution in [0, 0.1) is 0 Å². The summed E-state index contributed by atoms with van der Waals surface area (Å²) >= 11 is 6.11. The van der Waals surface area contributed by atoms with Crippen molar-refractivity contribution in [2.75, 3.05) is 6.54 Å². The zero-order chi connectivity index (χ0) is 16.9. The Labute approximate surface area is 147 Å². The molecule has 6 heteroatoms. The summed E-state index contributed by atoms with van der Waals surface area (Å²) in [5.74, 6) is 1.47. The molecule has 1 amide bonds. The molecule has 2 unspecified atom stereocenters. The molecule has 0 spiro atoms. The van der Waals surface area contributed by atoms with Gasteiger partial charge in [0.2, 0.25) is 5.91 Å². The van der Waals surface area contributed by atoms with E-state index in [9.17, 15) is 4.79 Å². The van der Waals surface area contributed by atoms with Gasteiger partial charge in [-0.2, -0.15) is 0 Å². The molecule has 0 radical (unpaired) electrons. The normalized spacial score (nSPS) is 18.0. The largest absolute Gasteiger partial charge is 0.351 e. The van der Waals surface area contributed by atoms with Crippen LogP contribution < -0.4 is 10.6 Å². The molecular weight excluding hydrogens is 324 g/mol. The first-order valence-electron chi connectivity index (χ1n) is 8.40. The van der Waals surface area contributed by atoms with Gasteiger partial charge in [-0.1, -0.05) is 29.8 Å². The molecule has 0 saturated carbocycles. The summed E-state index contributed by atoms with van der Waals surface area (Å²) in [4.78, 5) is 16.7. The summed E-state index contributed by atoms with van der Waals surface area (Å²) in [5.41, 5.74) is 0.925. The standard InChI is InChI=1S/C18H23ClN4O/c1-13(18(24)22-11-14-5-2-3-7-16(14)19)21-12-15-6-4-9-23-10-8-20-17(15)23/h2-3,5,7-8,10,13,15,21H,4,6,9,11-12H2,1H3,(H,22,24). The molecule has 1 aliphatic rings. The van der Waals surface area contributed by atoms with Crippen molar-refractivity contribution in [3.63, 3.8) is 0 Å². The van der Waals surface area contributed by atoms with E-state index < -0.39 is 0 Å². The highest BCUT2D eigenvalue weighted by molar-refractivity contribution is 6.31. The third-order valence-electron chi connectivity index (χ3n) is 4.54. The van der Waals surface area contributed by atoms with Gasteiger partial charge in [0, 0.05) is 43.0 Å². The van der Waals surface area contributed by atoms with Gasteiger partial charge >= 0.3 is 0 Å². The predicted octanol–water partition coefficient (Wildman–Crippen LogP) is 2.71. The molecule has 2 aromatic rings. The summed E-state index contributed by atoms with van der Waals surface area (Å²) in [5, 5.41) is 6.94. The zero-order valence-corrected chi connectivity index (χ0v) is 14.6. The molecule has 2 N–H and O–H groups in total. The number of nitrogens with zero attached hydrogens (tertiary/aromatic N) is 2. The monoisotopic (exact) mass is 346 g/mol. The molecule has 2 atom stereocenters. The van der Waals surface area contributed by atoms with Gasteiger partial charge in [0.25, 0.3) is 0 Å². The predicted molar refractivity (Wildman–Crippen MR) is 95.0 cm³/mol. The second-order valence-corrected chi connectivity index (χ2v) is 6.66. The lowest BCUT2D eigenvalue weighted by molar-refractivity contribution is -0.122. The van der Waals surface area contributed by atoms with Crippen LogP contribution in [0.4, 0.5) is 0 Å². The number of hydrogen-bond donors (Lipinski definition) is 2. The fourth-order valence-electron chi connectivity index (χ4n) is 3.09. The van der Waals surface area contributed by atoms with E-state index in [2.05, 4.69) is 20.2 Å². The minimum Gasteiger partial charge on any atom is -0.351 e. The summed E-state index contributed by atoms with van der Waals surface area (Å²) in [6.45, 7) is 4.13. The maximum Gasteiger partial charge on any atom is 0.237 e. The van der Waals surface area contributed by atoms with Gasteiger partial charge in [-0.05, 0) is 31.4 Å². The van der Waals surface area contributed by atoms with Crippen LogP contribution in [0.1, 0.15) is 37.1 Å². The van der Waals surface area contributed by atoms with Crippen molar-refractivity contribution in [2.24, 2.45) is 0 Å². The number of carbonyl (C=O) groups excluding carboxylic acids is 1. The molecule has 128 valence electrons. The van der Waals surface area contributed by atoms with Gasteiger partial charge in [-0.15, -0.1) is 0 Å². The third kappa shape index (κ3) is 3.97. The molecule has 0 aliphatic carbocycles. The zero-order valence-electron chi connectivity index (χ0n) is 13.8. The van der Waals surface area contributed by atoms with Crippen LogP contribution in [0.3, 0.4) is 0 Å². The summed E-state index contributed by atoms with van der Waals surface area (Å²) in [7, 11) is 0. The summed E-state index contributed by atoms with van der Waals surface area (Å²) in [6.07, 6.45) is 6.15. The van der Waals surface area contributed by atoms with Crippen molar-refractivity contribution >= 4 is 17.5 Å². The molecule has 3 rings (SSSR count). The number of rotatable bonds is 6. The molecule has 0 saturated heterocycles. The minimum absolute atomic E-state index is 0.0194. The Morgan fingerprint density at radius 2 is 2.29 bits per heavy atom. The quantitative estimate of drug-likeness (QED) is 0.845. The number of fused-ring (bicyclic) bond motifs is 1. The van der Waals surface area contributed by atoms with Gasteiger partial charge < -0.3 is 15.2 Å². The minimum atomic E-state index is -0.252. The van der Waals surface area contributed by atoms with Gasteiger partial charge in [-0.25, -0.2) is 4.98 Å². The first-order valence-corrected chi connectivity index (χ1v) is 8.78. The van der Waals surface area contributed by atoms with Crippen molar-refractivity contribution in [1.29, 1.82) is 0 Å². The Kier molecular flexibility index (Phi) is 5.53. The van der Waals surface area contributed by atoms with E-state index in [-0.39, 0.29) is 11.9 Å². The first kappa shape index (κ1) is 17.0. The average Bonchev–Trinajstić information content (AvgIpc) is 3.08. The molecule has 1 aromatic carbocycles. The average molecular weight is 347 g/mol. The lowest BCUT2D eigenvalue weighted by atomic mass is 9.98. The second-order valence-electron chi connectivity index (χ2n) is 6.26. The number of carbonyl (C=O) groups is 1. The highest BCUT2D eigenvalue weighted by Crippen LogP contribution is 2.24. The number of hydrogen-bond acceptors (Lipinski definition) is 3. The fourth-order valence-corrected chi connectivity index (χ4v) is 3.29. The van der Waals surface area contributed by atoms with Crippen LogP contribution in [0.15, 0.2) is 36.7 Å². The Hall–Kier alpha value is -1.85. The Balaban J connectivity index is 1.48. The first-order chi connectivity index (χ1) is 11.6. The van der Waals surface area contributed by atoms with Crippen LogP contribution in [-0.4, -0.2) is 28.0 Å². The van der Waals surface area contributed by atoms with E-state index in [0.29, 0.717) is 17.5 Å². The third-order valence-corrected chi connectivity index (χ3v) is 4.91. The lowest BCUT2D eigenvalue weighted by Gasteiger charge is -2.25. The SMILES string of the molecule is CC(NCC1CCCn2ccnc21)C(=O)NCc1ccccc1Cl. The van der Waals surface area contributed by atoms with Crippen molar-refractivity contribution in [2.45, 2.75) is 44.8 Å². The lowest BCUT2D eigenvalue weighted by Crippen LogP contribution is -2.43. The number of amides is 1. The van der Waals surface area contributed by atoms with Gasteiger partial charge in [-0.3, -0.25) is 4.79 Å². The number of benzene rings is 1. The number of aryl methyl sites for hydroxylation is 1. The molecule has 2 heterocycles. The van der Waals surface area contributed by atoms with Crippen LogP contribution in [0.5, 0.6) is 0 Å². The Bertz CT molecular complexity index is 700.